The first-order valence-electron chi connectivity index (χ1n) is 5.18. The van der Waals surface area contributed by atoms with Crippen molar-refractivity contribution in [1.82, 2.24) is 0 Å². The van der Waals surface area contributed by atoms with Crippen molar-refractivity contribution in [2.45, 2.75) is 47.0 Å². The van der Waals surface area contributed by atoms with E-state index < -0.39 is 0 Å². The van der Waals surface area contributed by atoms with Crippen LogP contribution in [0.2, 0.25) is 0 Å². The lowest BCUT2D eigenvalue weighted by atomic mass is 9.89. The van der Waals surface area contributed by atoms with Crippen LogP contribution in [0, 0.1) is 17.8 Å². The van der Waals surface area contributed by atoms with Gasteiger partial charge in [-0.2, -0.15) is 0 Å². The molecule has 0 aliphatic carbocycles. The normalized spacial score (nSPS) is 16.1. The van der Waals surface area contributed by atoms with Crippen LogP contribution < -0.4 is 0 Å². The fourth-order valence-electron chi connectivity index (χ4n) is 1.28. The molecule has 0 spiro atoms. The van der Waals surface area contributed by atoms with Gasteiger partial charge in [0.25, 0.3) is 0 Å². The smallest absolute Gasteiger partial charge is 0.0328 e. The van der Waals surface area contributed by atoms with Crippen LogP contribution in [0.15, 0.2) is 12.7 Å². The van der Waals surface area contributed by atoms with E-state index in [9.17, 15) is 0 Å². The van der Waals surface area contributed by atoms with Crippen LogP contribution in [0.5, 0.6) is 0 Å². The Hall–Kier alpha value is -0.260. The van der Waals surface area contributed by atoms with E-state index in [1.165, 1.54) is 19.3 Å². The van der Waals surface area contributed by atoms with Crippen molar-refractivity contribution >= 4 is 0 Å². The van der Waals surface area contributed by atoms with Crippen molar-refractivity contribution in [3.8, 4) is 0 Å². The van der Waals surface area contributed by atoms with Gasteiger partial charge < -0.3 is 0 Å². The molecule has 2 atom stereocenters. The molecule has 0 aromatic carbocycles. The van der Waals surface area contributed by atoms with Crippen LogP contribution in [0.4, 0.5) is 0 Å². The standard InChI is InChI=1S/C12H24/c1-6-7-11(4)8-9-12(5)10(2)3/h6,10-12H,1,7-9H2,2-5H3. The molecule has 0 bridgehead atoms. The quantitative estimate of drug-likeness (QED) is 0.519. The maximum Gasteiger partial charge on any atom is -0.0328 e. The Balaban J connectivity index is 3.46. The predicted molar refractivity (Wildman–Crippen MR) is 57.2 cm³/mol. The highest BCUT2D eigenvalue weighted by molar-refractivity contribution is 4.71. The van der Waals surface area contributed by atoms with E-state index in [2.05, 4.69) is 34.3 Å². The second-order valence-corrected chi connectivity index (χ2v) is 4.43. The summed E-state index contributed by atoms with van der Waals surface area (Å²) in [6.07, 6.45) is 5.92. The van der Waals surface area contributed by atoms with Gasteiger partial charge in [-0.05, 0) is 24.2 Å². The first kappa shape index (κ1) is 11.7. The van der Waals surface area contributed by atoms with Crippen molar-refractivity contribution in [2.24, 2.45) is 17.8 Å². The first-order valence-corrected chi connectivity index (χ1v) is 5.18. The number of allylic oxidation sites excluding steroid dienone is 1. The van der Waals surface area contributed by atoms with Crippen molar-refractivity contribution in [2.75, 3.05) is 0 Å². The summed E-state index contributed by atoms with van der Waals surface area (Å²) in [4.78, 5) is 0. The molecule has 0 aliphatic rings. The molecule has 0 aromatic heterocycles. The van der Waals surface area contributed by atoms with Gasteiger partial charge >= 0.3 is 0 Å². The van der Waals surface area contributed by atoms with Gasteiger partial charge in [-0.25, -0.2) is 0 Å². The average Bonchev–Trinajstić information content (AvgIpc) is 2.00. The lowest BCUT2D eigenvalue weighted by Crippen LogP contribution is -2.05. The number of hydrogen-bond donors (Lipinski definition) is 0. The van der Waals surface area contributed by atoms with Crippen LogP contribution in [-0.4, -0.2) is 0 Å². The molecule has 0 nitrogen and oxygen atoms in total. The first-order chi connectivity index (χ1) is 5.57. The highest BCUT2D eigenvalue weighted by Crippen LogP contribution is 2.20. The summed E-state index contributed by atoms with van der Waals surface area (Å²) in [5, 5.41) is 0. The molecule has 0 aromatic rings. The van der Waals surface area contributed by atoms with E-state index in [4.69, 9.17) is 0 Å². The third-order valence-corrected chi connectivity index (χ3v) is 2.82. The lowest BCUT2D eigenvalue weighted by molar-refractivity contribution is 0.351. The lowest BCUT2D eigenvalue weighted by Gasteiger charge is -2.17. The third-order valence-electron chi connectivity index (χ3n) is 2.82. The molecule has 2 unspecified atom stereocenters. The van der Waals surface area contributed by atoms with Crippen molar-refractivity contribution in [3.05, 3.63) is 12.7 Å². The zero-order chi connectivity index (χ0) is 9.56. The molecule has 0 rings (SSSR count). The molecule has 0 heterocycles. The monoisotopic (exact) mass is 168 g/mol. The predicted octanol–water partition coefficient (Wildman–Crippen LogP) is 4.27. The van der Waals surface area contributed by atoms with E-state index in [0.717, 1.165) is 17.8 Å². The summed E-state index contributed by atoms with van der Waals surface area (Å²) in [6.45, 7) is 13.0. The van der Waals surface area contributed by atoms with E-state index in [-0.39, 0.29) is 0 Å². The van der Waals surface area contributed by atoms with E-state index in [0.29, 0.717) is 0 Å². The van der Waals surface area contributed by atoms with Gasteiger partial charge in [0.05, 0.1) is 0 Å². The van der Waals surface area contributed by atoms with E-state index in [1.807, 2.05) is 6.08 Å². The third kappa shape index (κ3) is 5.40. The number of rotatable bonds is 6. The SMILES string of the molecule is C=CCC(C)CCC(C)C(C)C. The highest BCUT2D eigenvalue weighted by atomic mass is 14.1. The second kappa shape index (κ2) is 6.28. The van der Waals surface area contributed by atoms with Gasteiger partial charge in [0, 0.05) is 0 Å². The molecular weight excluding hydrogens is 144 g/mol. The minimum absolute atomic E-state index is 0.823. The Morgan fingerprint density at radius 2 is 1.67 bits per heavy atom. The van der Waals surface area contributed by atoms with Crippen LogP contribution in [0.3, 0.4) is 0 Å². The Labute approximate surface area is 78.1 Å². The topological polar surface area (TPSA) is 0 Å². The van der Waals surface area contributed by atoms with Crippen molar-refractivity contribution < 1.29 is 0 Å². The van der Waals surface area contributed by atoms with Crippen LogP contribution in [0.25, 0.3) is 0 Å². The Morgan fingerprint density at radius 3 is 2.08 bits per heavy atom. The molecule has 0 N–H and O–H groups in total. The van der Waals surface area contributed by atoms with Gasteiger partial charge in [-0.1, -0.05) is 46.6 Å². The zero-order valence-corrected chi connectivity index (χ0v) is 9.14. The van der Waals surface area contributed by atoms with E-state index in [1.54, 1.807) is 0 Å². The molecular formula is C12H24. The summed E-state index contributed by atoms with van der Waals surface area (Å²) in [6, 6.07) is 0. The second-order valence-electron chi connectivity index (χ2n) is 4.43. The molecule has 0 heteroatoms. The van der Waals surface area contributed by atoms with Crippen LogP contribution in [0.1, 0.15) is 47.0 Å². The largest absolute Gasteiger partial charge is 0.103 e. The van der Waals surface area contributed by atoms with Crippen molar-refractivity contribution in [1.29, 1.82) is 0 Å². The maximum atomic E-state index is 3.76. The van der Waals surface area contributed by atoms with Gasteiger partial charge in [0.1, 0.15) is 0 Å². The van der Waals surface area contributed by atoms with Crippen molar-refractivity contribution in [3.63, 3.8) is 0 Å². The Morgan fingerprint density at radius 1 is 1.08 bits per heavy atom. The summed E-state index contributed by atoms with van der Waals surface area (Å²) in [7, 11) is 0. The summed E-state index contributed by atoms with van der Waals surface area (Å²) in [5.41, 5.74) is 0. The maximum absolute atomic E-state index is 3.76. The summed E-state index contributed by atoms with van der Waals surface area (Å²) in [5.74, 6) is 2.53. The van der Waals surface area contributed by atoms with Gasteiger partial charge in [0.2, 0.25) is 0 Å². The zero-order valence-electron chi connectivity index (χ0n) is 9.14. The molecule has 0 saturated heterocycles. The molecule has 72 valence electrons. The average molecular weight is 168 g/mol. The van der Waals surface area contributed by atoms with Crippen LogP contribution in [-0.2, 0) is 0 Å². The minimum Gasteiger partial charge on any atom is -0.103 e. The van der Waals surface area contributed by atoms with Gasteiger partial charge in [0.15, 0.2) is 0 Å². The summed E-state index contributed by atoms with van der Waals surface area (Å²) < 4.78 is 0. The van der Waals surface area contributed by atoms with Crippen LogP contribution >= 0.6 is 0 Å². The van der Waals surface area contributed by atoms with Gasteiger partial charge in [-0.3, -0.25) is 0 Å². The fraction of sp³-hybridized carbons (Fsp3) is 0.833. The Kier molecular flexibility index (Phi) is 6.14. The molecule has 0 aliphatic heterocycles. The minimum atomic E-state index is 0.823. The molecule has 0 amide bonds. The molecule has 0 radical (unpaired) electrons. The summed E-state index contributed by atoms with van der Waals surface area (Å²) >= 11 is 0. The number of hydrogen-bond acceptors (Lipinski definition) is 0. The molecule has 0 fully saturated rings. The van der Waals surface area contributed by atoms with Gasteiger partial charge in [-0.15, -0.1) is 6.58 Å². The molecule has 0 saturated carbocycles. The van der Waals surface area contributed by atoms with E-state index >= 15 is 0 Å². The highest BCUT2D eigenvalue weighted by Gasteiger charge is 2.08. The fourth-order valence-corrected chi connectivity index (χ4v) is 1.28. The Bertz CT molecular complexity index is 113. The molecule has 12 heavy (non-hydrogen) atoms.